The molecule has 0 radical (unpaired) electrons. The molecule has 0 fully saturated rings. The van der Waals surface area contributed by atoms with Crippen molar-refractivity contribution in [1.82, 2.24) is 14.7 Å². The van der Waals surface area contributed by atoms with E-state index in [1.165, 1.54) is 0 Å². The van der Waals surface area contributed by atoms with Gasteiger partial charge in [0.15, 0.2) is 4.96 Å². The zero-order chi connectivity index (χ0) is 14.7. The number of nitrogens with one attached hydrogen (secondary N) is 1. The molecule has 2 heterocycles. The molecule has 0 unspecified atom stereocenters. The molecule has 0 bridgehead atoms. The SMILES string of the molecule is CCCNCc1c(Oc2cccc(I)c2)nc2sccn12. The van der Waals surface area contributed by atoms with Crippen LogP contribution >= 0.6 is 33.9 Å². The molecule has 0 atom stereocenters. The number of benzene rings is 1. The van der Waals surface area contributed by atoms with Gasteiger partial charge < -0.3 is 10.1 Å². The molecule has 4 nitrogen and oxygen atoms in total. The molecule has 0 saturated heterocycles. The van der Waals surface area contributed by atoms with Crippen LogP contribution in [0.25, 0.3) is 4.96 Å². The lowest BCUT2D eigenvalue weighted by molar-refractivity contribution is 0.455. The Morgan fingerprint density at radius 2 is 2.33 bits per heavy atom. The standard InChI is InChI=1S/C15H16IN3OS/c1-2-6-17-10-13-14(18-15-19(13)7-8-21-15)20-12-5-3-4-11(16)9-12/h3-5,7-9,17H,2,6,10H2,1H3. The van der Waals surface area contributed by atoms with Gasteiger partial charge in [-0.25, -0.2) is 0 Å². The smallest absolute Gasteiger partial charge is 0.243 e. The van der Waals surface area contributed by atoms with Crippen LogP contribution in [0.5, 0.6) is 11.6 Å². The maximum absolute atomic E-state index is 5.99. The Labute approximate surface area is 141 Å². The molecule has 0 spiro atoms. The van der Waals surface area contributed by atoms with Crippen molar-refractivity contribution in [3.8, 4) is 11.6 Å². The highest BCUT2D eigenvalue weighted by atomic mass is 127. The fraction of sp³-hybridized carbons (Fsp3) is 0.267. The van der Waals surface area contributed by atoms with Crippen LogP contribution in [0.2, 0.25) is 0 Å². The van der Waals surface area contributed by atoms with Crippen molar-refractivity contribution in [3.05, 3.63) is 45.1 Å². The Morgan fingerprint density at radius 3 is 3.14 bits per heavy atom. The number of halogens is 1. The maximum atomic E-state index is 5.99. The summed E-state index contributed by atoms with van der Waals surface area (Å²) in [5, 5.41) is 5.46. The molecule has 2 aromatic heterocycles. The van der Waals surface area contributed by atoms with Gasteiger partial charge in [-0.1, -0.05) is 13.0 Å². The number of thiazole rings is 1. The van der Waals surface area contributed by atoms with Gasteiger partial charge in [0, 0.05) is 21.7 Å². The topological polar surface area (TPSA) is 38.6 Å². The van der Waals surface area contributed by atoms with Gasteiger partial charge in [-0.05, 0) is 53.8 Å². The molecule has 0 amide bonds. The molecule has 0 saturated carbocycles. The summed E-state index contributed by atoms with van der Waals surface area (Å²) in [6, 6.07) is 8.00. The molecule has 110 valence electrons. The van der Waals surface area contributed by atoms with Crippen LogP contribution in [-0.4, -0.2) is 15.9 Å². The first-order valence-corrected chi connectivity index (χ1v) is 8.82. The summed E-state index contributed by atoms with van der Waals surface area (Å²) < 4.78 is 9.24. The lowest BCUT2D eigenvalue weighted by Crippen LogP contribution is -2.15. The minimum atomic E-state index is 0.687. The summed E-state index contributed by atoms with van der Waals surface area (Å²) in [4.78, 5) is 5.56. The van der Waals surface area contributed by atoms with Crippen molar-refractivity contribution in [3.63, 3.8) is 0 Å². The summed E-state index contributed by atoms with van der Waals surface area (Å²) in [7, 11) is 0. The minimum absolute atomic E-state index is 0.687. The van der Waals surface area contributed by atoms with Crippen molar-refractivity contribution in [2.45, 2.75) is 19.9 Å². The Kier molecular flexibility index (Phi) is 4.77. The second kappa shape index (κ2) is 6.76. The molecule has 0 aliphatic rings. The van der Waals surface area contributed by atoms with Gasteiger partial charge in [0.05, 0.1) is 0 Å². The highest BCUT2D eigenvalue weighted by Crippen LogP contribution is 2.28. The summed E-state index contributed by atoms with van der Waals surface area (Å²) in [5.41, 5.74) is 1.07. The number of ether oxygens (including phenoxy) is 1. The summed E-state index contributed by atoms with van der Waals surface area (Å²) >= 11 is 3.90. The van der Waals surface area contributed by atoms with E-state index < -0.39 is 0 Å². The molecule has 3 aromatic rings. The van der Waals surface area contributed by atoms with Gasteiger partial charge >= 0.3 is 0 Å². The van der Waals surface area contributed by atoms with E-state index in [-0.39, 0.29) is 0 Å². The number of hydrogen-bond donors (Lipinski definition) is 1. The molecule has 1 aromatic carbocycles. The number of nitrogens with zero attached hydrogens (tertiary/aromatic N) is 2. The first-order chi connectivity index (χ1) is 10.3. The number of fused-ring (bicyclic) bond motifs is 1. The molecule has 3 rings (SSSR count). The molecule has 6 heteroatoms. The van der Waals surface area contributed by atoms with Crippen LogP contribution < -0.4 is 10.1 Å². The van der Waals surface area contributed by atoms with Crippen LogP contribution in [0.1, 0.15) is 19.0 Å². The molecule has 0 aliphatic carbocycles. The van der Waals surface area contributed by atoms with Crippen LogP contribution in [0.4, 0.5) is 0 Å². The van der Waals surface area contributed by atoms with Crippen molar-refractivity contribution < 1.29 is 4.74 Å². The highest BCUT2D eigenvalue weighted by Gasteiger charge is 2.15. The third-order valence-corrected chi connectivity index (χ3v) is 4.48. The minimum Gasteiger partial charge on any atom is -0.437 e. The van der Waals surface area contributed by atoms with Crippen molar-refractivity contribution >= 4 is 38.9 Å². The Balaban J connectivity index is 1.89. The van der Waals surface area contributed by atoms with Crippen molar-refractivity contribution in [2.75, 3.05) is 6.54 Å². The fourth-order valence-electron chi connectivity index (χ4n) is 2.08. The molecular weight excluding hydrogens is 397 g/mol. The monoisotopic (exact) mass is 413 g/mol. The van der Waals surface area contributed by atoms with E-state index in [0.717, 1.165) is 39.5 Å². The van der Waals surface area contributed by atoms with Gasteiger partial charge in [0.1, 0.15) is 11.4 Å². The second-order valence-electron chi connectivity index (χ2n) is 4.66. The number of hydrogen-bond acceptors (Lipinski definition) is 4. The van der Waals surface area contributed by atoms with E-state index in [2.05, 4.69) is 44.2 Å². The zero-order valence-corrected chi connectivity index (χ0v) is 14.6. The lowest BCUT2D eigenvalue weighted by Gasteiger charge is -2.07. The van der Waals surface area contributed by atoms with Crippen molar-refractivity contribution in [2.24, 2.45) is 0 Å². The van der Waals surface area contributed by atoms with Crippen LogP contribution in [-0.2, 0) is 6.54 Å². The van der Waals surface area contributed by atoms with E-state index in [1.54, 1.807) is 11.3 Å². The van der Waals surface area contributed by atoms with E-state index in [0.29, 0.717) is 5.88 Å². The van der Waals surface area contributed by atoms with E-state index in [9.17, 15) is 0 Å². The predicted octanol–water partition coefficient (Wildman–Crippen LogP) is 4.29. The summed E-state index contributed by atoms with van der Waals surface area (Å²) in [6.45, 7) is 3.90. The molecular formula is C15H16IN3OS. The third-order valence-electron chi connectivity index (χ3n) is 3.05. The maximum Gasteiger partial charge on any atom is 0.243 e. The normalized spacial score (nSPS) is 11.1. The fourth-order valence-corrected chi connectivity index (χ4v) is 3.32. The van der Waals surface area contributed by atoms with Gasteiger partial charge in [-0.2, -0.15) is 4.98 Å². The van der Waals surface area contributed by atoms with Crippen molar-refractivity contribution in [1.29, 1.82) is 0 Å². The number of rotatable bonds is 6. The molecule has 0 aliphatic heterocycles. The number of imidazole rings is 1. The first-order valence-electron chi connectivity index (χ1n) is 6.86. The zero-order valence-electron chi connectivity index (χ0n) is 11.7. The highest BCUT2D eigenvalue weighted by molar-refractivity contribution is 14.1. The second-order valence-corrected chi connectivity index (χ2v) is 6.77. The Bertz CT molecular complexity index is 737. The van der Waals surface area contributed by atoms with E-state index in [1.807, 2.05) is 35.8 Å². The molecule has 21 heavy (non-hydrogen) atoms. The Hall–Kier alpha value is -1.12. The van der Waals surface area contributed by atoms with Gasteiger partial charge in [0.25, 0.3) is 0 Å². The summed E-state index contributed by atoms with van der Waals surface area (Å²) in [5.74, 6) is 1.51. The number of aromatic nitrogens is 2. The predicted molar refractivity (Wildman–Crippen MR) is 94.3 cm³/mol. The van der Waals surface area contributed by atoms with Crippen LogP contribution in [0.15, 0.2) is 35.8 Å². The Morgan fingerprint density at radius 1 is 1.43 bits per heavy atom. The van der Waals surface area contributed by atoms with E-state index in [4.69, 9.17) is 4.74 Å². The lowest BCUT2D eigenvalue weighted by atomic mass is 10.3. The largest absolute Gasteiger partial charge is 0.437 e. The van der Waals surface area contributed by atoms with Crippen LogP contribution in [0, 0.1) is 3.57 Å². The summed E-state index contributed by atoms with van der Waals surface area (Å²) in [6.07, 6.45) is 3.15. The van der Waals surface area contributed by atoms with E-state index >= 15 is 0 Å². The first kappa shape index (κ1) is 14.8. The van der Waals surface area contributed by atoms with Gasteiger partial charge in [0.2, 0.25) is 5.88 Å². The van der Waals surface area contributed by atoms with Crippen LogP contribution in [0.3, 0.4) is 0 Å². The quantitative estimate of drug-likeness (QED) is 0.484. The van der Waals surface area contributed by atoms with Gasteiger partial charge in [-0.3, -0.25) is 4.40 Å². The average molecular weight is 413 g/mol. The average Bonchev–Trinajstić information content (AvgIpc) is 3.02. The third kappa shape index (κ3) is 3.38. The van der Waals surface area contributed by atoms with Gasteiger partial charge in [-0.15, -0.1) is 11.3 Å². The molecule has 1 N–H and O–H groups in total.